The molecule has 0 aliphatic heterocycles. The maximum Gasteiger partial charge on any atom is 0.268 e. The number of aromatic hydroxyl groups is 1. The predicted octanol–water partition coefficient (Wildman–Crippen LogP) is 2.30. The molecule has 0 radical (unpaired) electrons. The van der Waals surface area contributed by atoms with Crippen LogP contribution in [0, 0.1) is 0 Å². The van der Waals surface area contributed by atoms with Gasteiger partial charge in [0, 0.05) is 0 Å². The Hall–Kier alpha value is -1.04. The summed E-state index contributed by atoms with van der Waals surface area (Å²) in [6.07, 6.45) is -1.82. The van der Waals surface area contributed by atoms with Gasteiger partial charge in [0.1, 0.15) is 10.4 Å². The minimum Gasteiger partial charge on any atom is -0.506 e. The molecule has 0 unspecified atom stereocenters. The Morgan fingerprint density at radius 2 is 2.23 bits per heavy atom. The molecule has 0 spiro atoms. The molecule has 0 amide bonds. The summed E-state index contributed by atoms with van der Waals surface area (Å²) in [5, 5.41) is 9.00. The van der Waals surface area contributed by atoms with Gasteiger partial charge in [-0.1, -0.05) is 0 Å². The number of hydrogen-bond donors (Lipinski definition) is 1. The average Bonchev–Trinajstić information content (AvgIpc) is 2.07. The molecule has 0 atom stereocenters. The Labute approximate surface area is 80.5 Å². The molecule has 0 aliphatic rings. The fraction of sp³-hybridized carbons (Fsp3) is 0.143. The minimum atomic E-state index is -2.90. The third-order valence-corrected chi connectivity index (χ3v) is 2.06. The molecule has 1 N–H and O–H groups in total. The van der Waals surface area contributed by atoms with Crippen molar-refractivity contribution in [3.8, 4) is 5.75 Å². The van der Waals surface area contributed by atoms with Crippen LogP contribution in [0.1, 0.15) is 22.3 Å². The molecule has 0 fully saturated rings. The first-order chi connectivity index (χ1) is 6.07. The Kier molecular flexibility index (Phi) is 2.92. The van der Waals surface area contributed by atoms with Gasteiger partial charge in [-0.15, -0.1) is 0 Å². The molecule has 1 rings (SSSR count). The lowest BCUT2D eigenvalue weighted by atomic mass is 10.1. The molecule has 0 saturated carbocycles. The lowest BCUT2D eigenvalue weighted by Crippen LogP contribution is -1.97. The SMILES string of the molecule is O=Cc1c(Br)ncc(O)c1C(F)F. The molecule has 0 aliphatic carbocycles. The first-order valence-corrected chi connectivity index (χ1v) is 3.98. The zero-order valence-corrected chi connectivity index (χ0v) is 7.75. The standard InChI is InChI=1S/C7H4BrF2NO2/c8-6-3(2-12)5(7(9)10)4(13)1-11-6/h1-2,7,13H. The van der Waals surface area contributed by atoms with Crippen molar-refractivity contribution in [2.75, 3.05) is 0 Å². The first kappa shape index (κ1) is 10.0. The van der Waals surface area contributed by atoms with E-state index in [0.717, 1.165) is 6.20 Å². The number of rotatable bonds is 2. The van der Waals surface area contributed by atoms with E-state index >= 15 is 0 Å². The van der Waals surface area contributed by atoms with Gasteiger partial charge in [-0.25, -0.2) is 13.8 Å². The van der Waals surface area contributed by atoms with E-state index < -0.39 is 17.7 Å². The molecular weight excluding hydrogens is 248 g/mol. The highest BCUT2D eigenvalue weighted by Gasteiger charge is 2.20. The van der Waals surface area contributed by atoms with Gasteiger partial charge in [-0.3, -0.25) is 4.79 Å². The lowest BCUT2D eigenvalue weighted by molar-refractivity contribution is 0.110. The summed E-state index contributed by atoms with van der Waals surface area (Å²) >= 11 is 2.82. The number of carbonyl (C=O) groups is 1. The van der Waals surface area contributed by atoms with E-state index in [-0.39, 0.29) is 16.5 Å². The summed E-state index contributed by atoms with van der Waals surface area (Å²) in [7, 11) is 0. The third-order valence-electron chi connectivity index (χ3n) is 1.42. The fourth-order valence-corrected chi connectivity index (χ4v) is 1.26. The minimum absolute atomic E-state index is 0.00407. The van der Waals surface area contributed by atoms with E-state index in [2.05, 4.69) is 20.9 Å². The van der Waals surface area contributed by atoms with E-state index in [1.165, 1.54) is 0 Å². The smallest absolute Gasteiger partial charge is 0.268 e. The van der Waals surface area contributed by atoms with Crippen molar-refractivity contribution in [3.63, 3.8) is 0 Å². The molecule has 3 nitrogen and oxygen atoms in total. The van der Waals surface area contributed by atoms with E-state index in [1.807, 2.05) is 0 Å². The highest BCUT2D eigenvalue weighted by atomic mass is 79.9. The van der Waals surface area contributed by atoms with E-state index in [9.17, 15) is 13.6 Å². The van der Waals surface area contributed by atoms with Crippen LogP contribution in [0.15, 0.2) is 10.8 Å². The Morgan fingerprint density at radius 3 is 2.62 bits per heavy atom. The lowest BCUT2D eigenvalue weighted by Gasteiger charge is -2.06. The molecule has 13 heavy (non-hydrogen) atoms. The Morgan fingerprint density at radius 1 is 1.62 bits per heavy atom. The number of hydrogen-bond acceptors (Lipinski definition) is 3. The van der Waals surface area contributed by atoms with Crippen LogP contribution in [0.3, 0.4) is 0 Å². The van der Waals surface area contributed by atoms with Crippen molar-refractivity contribution in [2.24, 2.45) is 0 Å². The number of alkyl halides is 2. The second-order valence-electron chi connectivity index (χ2n) is 2.18. The van der Waals surface area contributed by atoms with Crippen LogP contribution in [0.2, 0.25) is 0 Å². The van der Waals surface area contributed by atoms with Crippen LogP contribution < -0.4 is 0 Å². The zero-order chi connectivity index (χ0) is 10.0. The van der Waals surface area contributed by atoms with Gasteiger partial charge in [-0.2, -0.15) is 0 Å². The van der Waals surface area contributed by atoms with Gasteiger partial charge in [0.2, 0.25) is 0 Å². The first-order valence-electron chi connectivity index (χ1n) is 3.18. The summed E-state index contributed by atoms with van der Waals surface area (Å²) in [6, 6.07) is 0. The van der Waals surface area contributed by atoms with Crippen molar-refractivity contribution in [3.05, 3.63) is 21.9 Å². The molecule has 0 saturated heterocycles. The van der Waals surface area contributed by atoms with Gasteiger partial charge in [0.25, 0.3) is 6.43 Å². The fourth-order valence-electron chi connectivity index (χ4n) is 0.847. The monoisotopic (exact) mass is 251 g/mol. The summed E-state index contributed by atoms with van der Waals surface area (Å²) in [4.78, 5) is 13.9. The van der Waals surface area contributed by atoms with Gasteiger partial charge < -0.3 is 5.11 Å². The molecule has 6 heteroatoms. The van der Waals surface area contributed by atoms with E-state index in [0.29, 0.717) is 0 Å². The number of nitrogens with zero attached hydrogens (tertiary/aromatic N) is 1. The van der Waals surface area contributed by atoms with Crippen molar-refractivity contribution < 1.29 is 18.7 Å². The van der Waals surface area contributed by atoms with E-state index in [1.54, 1.807) is 0 Å². The highest BCUT2D eigenvalue weighted by molar-refractivity contribution is 9.10. The van der Waals surface area contributed by atoms with Gasteiger partial charge in [0.05, 0.1) is 17.3 Å². The van der Waals surface area contributed by atoms with Gasteiger partial charge >= 0.3 is 0 Å². The van der Waals surface area contributed by atoms with Crippen molar-refractivity contribution in [2.45, 2.75) is 6.43 Å². The molecule has 0 aromatic carbocycles. The maximum atomic E-state index is 12.3. The van der Waals surface area contributed by atoms with Crippen LogP contribution in [-0.2, 0) is 0 Å². The number of carbonyl (C=O) groups excluding carboxylic acids is 1. The summed E-state index contributed by atoms with van der Waals surface area (Å²) in [6.45, 7) is 0. The van der Waals surface area contributed by atoms with Crippen LogP contribution in [0.5, 0.6) is 5.75 Å². The van der Waals surface area contributed by atoms with Crippen molar-refractivity contribution in [1.29, 1.82) is 0 Å². The summed E-state index contributed by atoms with van der Waals surface area (Å²) in [5.74, 6) is -0.680. The topological polar surface area (TPSA) is 50.2 Å². The summed E-state index contributed by atoms with van der Waals surface area (Å²) in [5.41, 5.74) is -1.02. The number of pyridine rings is 1. The third kappa shape index (κ3) is 1.82. The van der Waals surface area contributed by atoms with Crippen LogP contribution in [0.4, 0.5) is 8.78 Å². The number of aldehydes is 1. The predicted molar refractivity (Wildman–Crippen MR) is 43.9 cm³/mol. The second-order valence-corrected chi connectivity index (χ2v) is 2.93. The van der Waals surface area contributed by atoms with Gasteiger partial charge in [-0.05, 0) is 15.9 Å². The molecule has 0 bridgehead atoms. The van der Waals surface area contributed by atoms with Crippen LogP contribution >= 0.6 is 15.9 Å². The maximum absolute atomic E-state index is 12.3. The van der Waals surface area contributed by atoms with E-state index in [4.69, 9.17) is 5.11 Å². The largest absolute Gasteiger partial charge is 0.506 e. The Bertz CT molecular complexity index is 344. The molecule has 1 aromatic heterocycles. The van der Waals surface area contributed by atoms with Crippen LogP contribution in [0.25, 0.3) is 0 Å². The van der Waals surface area contributed by atoms with Gasteiger partial charge in [0.15, 0.2) is 6.29 Å². The highest BCUT2D eigenvalue weighted by Crippen LogP contribution is 2.32. The van der Waals surface area contributed by atoms with Crippen molar-refractivity contribution >= 4 is 22.2 Å². The number of aromatic nitrogens is 1. The number of halogens is 3. The molecule has 1 heterocycles. The summed E-state index contributed by atoms with van der Waals surface area (Å²) < 4.78 is 24.6. The normalized spacial score (nSPS) is 10.5. The molecular formula is C7H4BrF2NO2. The molecule has 1 aromatic rings. The Balaban J connectivity index is 3.43. The quantitative estimate of drug-likeness (QED) is 0.648. The van der Waals surface area contributed by atoms with Crippen molar-refractivity contribution in [1.82, 2.24) is 4.98 Å². The average molecular weight is 252 g/mol. The molecule has 70 valence electrons. The second kappa shape index (κ2) is 3.78. The zero-order valence-electron chi connectivity index (χ0n) is 6.17. The van der Waals surface area contributed by atoms with Crippen LogP contribution in [-0.4, -0.2) is 16.4 Å².